The van der Waals surface area contributed by atoms with E-state index in [2.05, 4.69) is 5.32 Å². The summed E-state index contributed by atoms with van der Waals surface area (Å²) in [5.41, 5.74) is -0.573. The SMILES string of the molecule is CCCNC(CO)(CN(C)CC(F)(F)F)C1CC1. The zero-order valence-electron chi connectivity index (χ0n) is 11.1. The highest BCUT2D eigenvalue weighted by Gasteiger charge is 2.45. The van der Waals surface area contributed by atoms with Gasteiger partial charge in [0.1, 0.15) is 0 Å². The number of hydrogen-bond donors (Lipinski definition) is 2. The average molecular weight is 268 g/mol. The zero-order valence-corrected chi connectivity index (χ0v) is 11.1. The second-order valence-electron chi connectivity index (χ2n) is 5.30. The first-order valence-electron chi connectivity index (χ1n) is 6.44. The number of likely N-dealkylation sites (N-methyl/N-ethyl adjacent to an activating group) is 1. The predicted molar refractivity (Wildman–Crippen MR) is 64.4 cm³/mol. The number of rotatable bonds is 8. The Morgan fingerprint density at radius 1 is 1.28 bits per heavy atom. The fraction of sp³-hybridized carbons (Fsp3) is 1.00. The van der Waals surface area contributed by atoms with Crippen molar-refractivity contribution in [3.63, 3.8) is 0 Å². The molecule has 1 atom stereocenters. The molecule has 1 aliphatic rings. The molecule has 0 radical (unpaired) electrons. The summed E-state index contributed by atoms with van der Waals surface area (Å²) in [5.74, 6) is 0.296. The van der Waals surface area contributed by atoms with Crippen LogP contribution >= 0.6 is 0 Å². The van der Waals surface area contributed by atoms with Crippen LogP contribution in [0.1, 0.15) is 26.2 Å². The van der Waals surface area contributed by atoms with Crippen LogP contribution in [0.5, 0.6) is 0 Å². The Balaban J connectivity index is 2.59. The average Bonchev–Trinajstić information content (AvgIpc) is 3.05. The Bertz CT molecular complexity index is 256. The van der Waals surface area contributed by atoms with Gasteiger partial charge < -0.3 is 10.4 Å². The normalized spacial score (nSPS) is 20.2. The second kappa shape index (κ2) is 6.21. The molecule has 18 heavy (non-hydrogen) atoms. The first-order chi connectivity index (χ1) is 8.33. The molecular formula is C12H23F3N2O. The maximum absolute atomic E-state index is 12.3. The topological polar surface area (TPSA) is 35.5 Å². The molecule has 0 heterocycles. The maximum Gasteiger partial charge on any atom is 0.401 e. The lowest BCUT2D eigenvalue weighted by molar-refractivity contribution is -0.145. The van der Waals surface area contributed by atoms with Gasteiger partial charge in [-0.1, -0.05) is 6.92 Å². The molecule has 0 aromatic rings. The van der Waals surface area contributed by atoms with Gasteiger partial charge in [0.15, 0.2) is 0 Å². The molecule has 0 aromatic heterocycles. The van der Waals surface area contributed by atoms with Crippen molar-refractivity contribution in [3.8, 4) is 0 Å². The molecule has 0 spiro atoms. The number of alkyl halides is 3. The minimum Gasteiger partial charge on any atom is -0.394 e. The highest BCUT2D eigenvalue weighted by atomic mass is 19.4. The van der Waals surface area contributed by atoms with Gasteiger partial charge in [-0.2, -0.15) is 13.2 Å². The lowest BCUT2D eigenvalue weighted by Crippen LogP contribution is -2.58. The molecule has 0 amide bonds. The molecular weight excluding hydrogens is 245 g/mol. The van der Waals surface area contributed by atoms with E-state index in [1.54, 1.807) is 0 Å². The Hall–Kier alpha value is -0.330. The molecule has 6 heteroatoms. The number of halogens is 3. The van der Waals surface area contributed by atoms with Crippen LogP contribution in [0.2, 0.25) is 0 Å². The van der Waals surface area contributed by atoms with Crippen molar-refractivity contribution in [2.24, 2.45) is 5.92 Å². The van der Waals surface area contributed by atoms with E-state index in [-0.39, 0.29) is 13.2 Å². The maximum atomic E-state index is 12.3. The van der Waals surface area contributed by atoms with E-state index in [1.165, 1.54) is 11.9 Å². The lowest BCUT2D eigenvalue weighted by atomic mass is 9.93. The van der Waals surface area contributed by atoms with E-state index in [9.17, 15) is 18.3 Å². The van der Waals surface area contributed by atoms with Crippen molar-refractivity contribution in [2.75, 3.05) is 33.3 Å². The Labute approximate surface area is 106 Å². The molecule has 1 fully saturated rings. The molecule has 1 aliphatic carbocycles. The fourth-order valence-electron chi connectivity index (χ4n) is 2.42. The van der Waals surface area contributed by atoms with Gasteiger partial charge in [-0.3, -0.25) is 4.90 Å². The van der Waals surface area contributed by atoms with Gasteiger partial charge in [0.25, 0.3) is 0 Å². The van der Waals surface area contributed by atoms with Gasteiger partial charge in [0.05, 0.1) is 18.7 Å². The smallest absolute Gasteiger partial charge is 0.394 e. The first kappa shape index (κ1) is 15.7. The number of aliphatic hydroxyl groups is 1. The van der Waals surface area contributed by atoms with E-state index >= 15 is 0 Å². The van der Waals surface area contributed by atoms with Crippen molar-refractivity contribution in [3.05, 3.63) is 0 Å². The highest BCUT2D eigenvalue weighted by molar-refractivity contribution is 5.02. The summed E-state index contributed by atoms with van der Waals surface area (Å²) < 4.78 is 37.0. The van der Waals surface area contributed by atoms with E-state index in [0.717, 1.165) is 25.8 Å². The third-order valence-corrected chi connectivity index (χ3v) is 3.37. The molecule has 108 valence electrons. The number of aliphatic hydroxyl groups excluding tert-OH is 1. The van der Waals surface area contributed by atoms with E-state index in [0.29, 0.717) is 5.92 Å². The van der Waals surface area contributed by atoms with Gasteiger partial charge in [0, 0.05) is 6.54 Å². The summed E-state index contributed by atoms with van der Waals surface area (Å²) in [6.45, 7) is 1.90. The molecule has 1 unspecified atom stereocenters. The van der Waals surface area contributed by atoms with E-state index in [4.69, 9.17) is 0 Å². The number of hydrogen-bond acceptors (Lipinski definition) is 3. The summed E-state index contributed by atoms with van der Waals surface area (Å²) in [6, 6.07) is 0. The van der Waals surface area contributed by atoms with Crippen LogP contribution < -0.4 is 5.32 Å². The van der Waals surface area contributed by atoms with Crippen LogP contribution in [0.15, 0.2) is 0 Å². The zero-order chi connectivity index (χ0) is 13.8. The lowest BCUT2D eigenvalue weighted by Gasteiger charge is -2.37. The van der Waals surface area contributed by atoms with E-state index in [1.807, 2.05) is 6.92 Å². The van der Waals surface area contributed by atoms with Gasteiger partial charge in [-0.05, 0) is 38.8 Å². The molecule has 0 aromatic carbocycles. The van der Waals surface area contributed by atoms with Gasteiger partial charge in [-0.15, -0.1) is 0 Å². The Kier molecular flexibility index (Phi) is 5.43. The monoisotopic (exact) mass is 268 g/mol. The highest BCUT2D eigenvalue weighted by Crippen LogP contribution is 2.40. The fourth-order valence-corrected chi connectivity index (χ4v) is 2.42. The van der Waals surface area contributed by atoms with Crippen LogP contribution in [0.4, 0.5) is 13.2 Å². The summed E-state index contributed by atoms with van der Waals surface area (Å²) in [4.78, 5) is 1.25. The largest absolute Gasteiger partial charge is 0.401 e. The first-order valence-corrected chi connectivity index (χ1v) is 6.44. The van der Waals surface area contributed by atoms with Crippen LogP contribution in [-0.4, -0.2) is 55.0 Å². The van der Waals surface area contributed by atoms with Crippen LogP contribution in [0, 0.1) is 5.92 Å². The van der Waals surface area contributed by atoms with Crippen molar-refractivity contribution < 1.29 is 18.3 Å². The van der Waals surface area contributed by atoms with Crippen LogP contribution in [-0.2, 0) is 0 Å². The molecule has 0 saturated heterocycles. The van der Waals surface area contributed by atoms with Crippen molar-refractivity contribution in [2.45, 2.75) is 37.9 Å². The van der Waals surface area contributed by atoms with Gasteiger partial charge >= 0.3 is 6.18 Å². The molecule has 0 bridgehead atoms. The van der Waals surface area contributed by atoms with Crippen LogP contribution in [0.3, 0.4) is 0 Å². The Morgan fingerprint density at radius 2 is 1.89 bits per heavy atom. The number of nitrogens with zero attached hydrogens (tertiary/aromatic N) is 1. The Morgan fingerprint density at radius 3 is 2.28 bits per heavy atom. The third-order valence-electron chi connectivity index (χ3n) is 3.37. The van der Waals surface area contributed by atoms with Crippen molar-refractivity contribution >= 4 is 0 Å². The van der Waals surface area contributed by atoms with Crippen molar-refractivity contribution in [1.29, 1.82) is 0 Å². The second-order valence-corrected chi connectivity index (χ2v) is 5.30. The standard InChI is InChI=1S/C12H23F3N2O/c1-3-6-16-11(9-18,10-4-5-10)7-17(2)8-12(13,14)15/h10,16,18H,3-9H2,1-2H3. The van der Waals surface area contributed by atoms with Gasteiger partial charge in [0.2, 0.25) is 0 Å². The minimum atomic E-state index is -4.19. The minimum absolute atomic E-state index is 0.111. The van der Waals surface area contributed by atoms with E-state index < -0.39 is 18.3 Å². The molecule has 1 saturated carbocycles. The summed E-state index contributed by atoms with van der Waals surface area (Å²) in [7, 11) is 1.45. The number of nitrogens with one attached hydrogen (secondary N) is 1. The molecule has 2 N–H and O–H groups in total. The third kappa shape index (κ3) is 4.74. The molecule has 0 aliphatic heterocycles. The van der Waals surface area contributed by atoms with Crippen molar-refractivity contribution in [1.82, 2.24) is 10.2 Å². The quantitative estimate of drug-likeness (QED) is 0.702. The van der Waals surface area contributed by atoms with Crippen LogP contribution in [0.25, 0.3) is 0 Å². The predicted octanol–water partition coefficient (Wildman–Crippen LogP) is 1.62. The molecule has 1 rings (SSSR count). The molecule has 3 nitrogen and oxygen atoms in total. The summed E-state index contributed by atoms with van der Waals surface area (Å²) in [6.07, 6.45) is -1.32. The summed E-state index contributed by atoms with van der Waals surface area (Å²) in [5, 5.41) is 12.8. The van der Waals surface area contributed by atoms with Gasteiger partial charge in [-0.25, -0.2) is 0 Å². The summed E-state index contributed by atoms with van der Waals surface area (Å²) >= 11 is 0.